The lowest BCUT2D eigenvalue weighted by atomic mass is 9.80. The van der Waals surface area contributed by atoms with E-state index in [0.717, 1.165) is 6.07 Å². The van der Waals surface area contributed by atoms with Gasteiger partial charge in [-0.05, 0) is 31.0 Å². The molecule has 1 fully saturated rings. The first kappa shape index (κ1) is 19.8. The van der Waals surface area contributed by atoms with Crippen LogP contribution in [0.3, 0.4) is 0 Å². The van der Waals surface area contributed by atoms with Gasteiger partial charge >= 0.3 is 5.97 Å². The van der Waals surface area contributed by atoms with E-state index >= 15 is 0 Å². The molecule has 0 bridgehead atoms. The van der Waals surface area contributed by atoms with Gasteiger partial charge in [-0.2, -0.15) is 0 Å². The fourth-order valence-electron chi connectivity index (χ4n) is 2.80. The van der Waals surface area contributed by atoms with Crippen LogP contribution in [0.15, 0.2) is 18.2 Å². The second-order valence-electron chi connectivity index (χ2n) is 6.25. The second-order valence-corrected chi connectivity index (χ2v) is 6.25. The van der Waals surface area contributed by atoms with Gasteiger partial charge in [0, 0.05) is 38.2 Å². The summed E-state index contributed by atoms with van der Waals surface area (Å²) in [7, 11) is 1.33. The van der Waals surface area contributed by atoms with Gasteiger partial charge in [0.25, 0.3) is 0 Å². The van der Waals surface area contributed by atoms with Crippen LogP contribution in [-0.4, -0.2) is 49.6 Å². The zero-order valence-corrected chi connectivity index (χ0v) is 14.5. The number of hydrogen-bond donors (Lipinski definition) is 2. The normalized spacial score (nSPS) is 15.9. The number of benzene rings is 1. The van der Waals surface area contributed by atoms with Gasteiger partial charge < -0.3 is 19.9 Å². The Labute approximate surface area is 150 Å². The molecule has 0 atom stereocenters. The summed E-state index contributed by atoms with van der Waals surface area (Å²) in [6, 6.07) is 3.86. The van der Waals surface area contributed by atoms with Crippen molar-refractivity contribution >= 4 is 17.7 Å². The molecule has 0 spiro atoms. The second kappa shape index (κ2) is 8.75. The molecule has 2 N–H and O–H groups in total. The molecule has 0 radical (unpaired) electrons. The van der Waals surface area contributed by atoms with Gasteiger partial charge in [0.2, 0.25) is 5.91 Å². The molecule has 1 heterocycles. The van der Waals surface area contributed by atoms with Gasteiger partial charge in [0.15, 0.2) is 17.3 Å². The molecule has 7 nitrogen and oxygen atoms in total. The highest BCUT2D eigenvalue weighted by molar-refractivity contribution is 5.98. The Kier molecular flexibility index (Phi) is 6.68. The Bertz CT molecular complexity index is 684. The molecule has 1 aliphatic heterocycles. The minimum atomic E-state index is -1.03. The Balaban J connectivity index is 1.85. The third kappa shape index (κ3) is 4.78. The summed E-state index contributed by atoms with van der Waals surface area (Å²) in [5.74, 6) is -2.37. The van der Waals surface area contributed by atoms with E-state index in [0.29, 0.717) is 26.1 Å². The predicted molar refractivity (Wildman–Crippen MR) is 89.6 cm³/mol. The maximum absolute atomic E-state index is 13.6. The van der Waals surface area contributed by atoms with Gasteiger partial charge in [-0.25, -0.2) is 4.39 Å². The fraction of sp³-hybridized carbons (Fsp3) is 0.500. The van der Waals surface area contributed by atoms with Gasteiger partial charge in [-0.3, -0.25) is 14.4 Å². The molecule has 1 aliphatic rings. The minimum Gasteiger partial charge on any atom is -0.494 e. The van der Waals surface area contributed by atoms with Crippen molar-refractivity contribution in [3.63, 3.8) is 0 Å². The monoisotopic (exact) mass is 367 g/mol. The number of Topliss-reactive ketones (excluding diaryl/α,β-unsaturated/α-hetero) is 1. The summed E-state index contributed by atoms with van der Waals surface area (Å²) < 4.78 is 23.6. The Morgan fingerprint density at radius 1 is 1.27 bits per heavy atom. The highest BCUT2D eigenvalue weighted by Crippen LogP contribution is 2.30. The smallest absolute Gasteiger partial charge is 0.311 e. The van der Waals surface area contributed by atoms with E-state index in [2.05, 4.69) is 5.32 Å². The molecule has 0 unspecified atom stereocenters. The molecule has 26 heavy (non-hydrogen) atoms. The number of aliphatic carboxylic acids is 1. The van der Waals surface area contributed by atoms with E-state index in [-0.39, 0.29) is 36.5 Å². The van der Waals surface area contributed by atoms with Crippen molar-refractivity contribution in [3.05, 3.63) is 29.6 Å². The third-order valence-electron chi connectivity index (χ3n) is 4.58. The van der Waals surface area contributed by atoms with Crippen LogP contribution in [0.4, 0.5) is 4.39 Å². The number of carboxylic acids is 1. The van der Waals surface area contributed by atoms with Gasteiger partial charge in [-0.15, -0.1) is 0 Å². The lowest BCUT2D eigenvalue weighted by molar-refractivity contribution is -0.154. The molecule has 1 aromatic rings. The number of carbonyl (C=O) groups is 3. The van der Waals surface area contributed by atoms with E-state index < -0.39 is 23.1 Å². The average Bonchev–Trinajstić information content (AvgIpc) is 2.65. The molecular formula is C18H22FNO6. The number of rotatable bonds is 8. The van der Waals surface area contributed by atoms with Crippen LogP contribution in [0.25, 0.3) is 0 Å². The average molecular weight is 367 g/mol. The molecule has 142 valence electrons. The van der Waals surface area contributed by atoms with Crippen LogP contribution in [-0.2, 0) is 14.3 Å². The van der Waals surface area contributed by atoms with Crippen molar-refractivity contribution in [1.82, 2.24) is 5.32 Å². The summed E-state index contributed by atoms with van der Waals surface area (Å²) >= 11 is 0. The van der Waals surface area contributed by atoms with Crippen molar-refractivity contribution in [2.75, 3.05) is 26.9 Å². The standard InChI is InChI=1S/C18H22FNO6/c1-25-15-4-2-12(10-13(15)19)14(21)3-5-16(22)20-11-18(17(23)24)6-8-26-9-7-18/h2,4,10H,3,5-9,11H2,1H3,(H,20,22)(H,23,24). The number of carboxylic acid groups (broad SMARTS) is 1. The van der Waals surface area contributed by atoms with Crippen molar-refractivity contribution in [2.24, 2.45) is 5.41 Å². The maximum Gasteiger partial charge on any atom is 0.311 e. The summed E-state index contributed by atoms with van der Waals surface area (Å²) in [6.07, 6.45) is 0.457. The fourth-order valence-corrected chi connectivity index (χ4v) is 2.80. The third-order valence-corrected chi connectivity index (χ3v) is 4.58. The Morgan fingerprint density at radius 3 is 2.54 bits per heavy atom. The number of ketones is 1. The lowest BCUT2D eigenvalue weighted by Gasteiger charge is -2.33. The highest BCUT2D eigenvalue weighted by Gasteiger charge is 2.40. The maximum atomic E-state index is 13.6. The molecule has 1 aromatic carbocycles. The SMILES string of the molecule is COc1ccc(C(=O)CCC(=O)NCC2(C(=O)O)CCOCC2)cc1F. The lowest BCUT2D eigenvalue weighted by Crippen LogP contribution is -2.46. The summed E-state index contributed by atoms with van der Waals surface area (Å²) in [5, 5.41) is 12.0. The van der Waals surface area contributed by atoms with Crippen molar-refractivity contribution in [3.8, 4) is 5.75 Å². The quantitative estimate of drug-likeness (QED) is 0.679. The minimum absolute atomic E-state index is 0.00409. The zero-order chi connectivity index (χ0) is 19.2. The molecule has 8 heteroatoms. The molecule has 1 amide bonds. The van der Waals surface area contributed by atoms with Crippen molar-refractivity contribution < 1.29 is 33.4 Å². The Morgan fingerprint density at radius 2 is 1.96 bits per heavy atom. The summed E-state index contributed by atoms with van der Waals surface area (Å²) in [5.41, 5.74) is -0.876. The van der Waals surface area contributed by atoms with Gasteiger partial charge in [-0.1, -0.05) is 0 Å². The largest absolute Gasteiger partial charge is 0.494 e. The molecular weight excluding hydrogens is 345 g/mol. The summed E-state index contributed by atoms with van der Waals surface area (Å²) in [6.45, 7) is 0.670. The number of amides is 1. The van der Waals surface area contributed by atoms with Crippen LogP contribution in [0.5, 0.6) is 5.75 Å². The molecule has 0 aliphatic carbocycles. The first-order valence-electron chi connectivity index (χ1n) is 8.32. The topological polar surface area (TPSA) is 102 Å². The van der Waals surface area contributed by atoms with Gasteiger partial charge in [0.1, 0.15) is 0 Å². The van der Waals surface area contributed by atoms with Crippen LogP contribution >= 0.6 is 0 Å². The van der Waals surface area contributed by atoms with E-state index in [4.69, 9.17) is 9.47 Å². The zero-order valence-electron chi connectivity index (χ0n) is 14.5. The van der Waals surface area contributed by atoms with E-state index in [1.54, 1.807) is 0 Å². The molecule has 2 rings (SSSR count). The van der Waals surface area contributed by atoms with Crippen LogP contribution in [0.1, 0.15) is 36.0 Å². The first-order valence-corrected chi connectivity index (χ1v) is 8.32. The van der Waals surface area contributed by atoms with E-state index in [9.17, 15) is 23.9 Å². The number of carbonyl (C=O) groups excluding carboxylic acids is 2. The Hall–Kier alpha value is -2.48. The summed E-state index contributed by atoms with van der Waals surface area (Å²) in [4.78, 5) is 35.6. The number of halogens is 1. The molecule has 1 saturated heterocycles. The van der Waals surface area contributed by atoms with E-state index in [1.165, 1.54) is 19.2 Å². The number of methoxy groups -OCH3 is 1. The predicted octanol–water partition coefficient (Wildman–Crippen LogP) is 1.79. The molecule has 0 aromatic heterocycles. The van der Waals surface area contributed by atoms with E-state index in [1.807, 2.05) is 0 Å². The van der Waals surface area contributed by atoms with Crippen molar-refractivity contribution in [1.29, 1.82) is 0 Å². The number of ether oxygens (including phenoxy) is 2. The number of hydrogen-bond acceptors (Lipinski definition) is 5. The van der Waals surface area contributed by atoms with Crippen LogP contribution < -0.4 is 10.1 Å². The highest BCUT2D eigenvalue weighted by atomic mass is 19.1. The molecule has 0 saturated carbocycles. The van der Waals surface area contributed by atoms with Crippen LogP contribution in [0.2, 0.25) is 0 Å². The van der Waals surface area contributed by atoms with Crippen LogP contribution in [0, 0.1) is 11.2 Å². The van der Waals surface area contributed by atoms with Gasteiger partial charge in [0.05, 0.1) is 12.5 Å². The van der Waals surface area contributed by atoms with Crippen molar-refractivity contribution in [2.45, 2.75) is 25.7 Å². The first-order chi connectivity index (χ1) is 12.4. The number of nitrogens with one attached hydrogen (secondary N) is 1.